The molecular weight excluding hydrogens is 328 g/mol. The van der Waals surface area contributed by atoms with Gasteiger partial charge in [-0.05, 0) is 19.3 Å². The van der Waals surface area contributed by atoms with Gasteiger partial charge in [-0.15, -0.1) is 12.4 Å². The molecule has 0 spiro atoms. The predicted molar refractivity (Wildman–Crippen MR) is 78.1 cm³/mol. The molecule has 1 amide bonds. The van der Waals surface area contributed by atoms with Gasteiger partial charge in [-0.2, -0.15) is 4.31 Å². The zero-order valence-electron chi connectivity index (χ0n) is 11.8. The topological polar surface area (TPSA) is 92.5 Å². The van der Waals surface area contributed by atoms with Crippen molar-refractivity contribution in [2.75, 3.05) is 25.4 Å². The molecule has 6 nitrogen and oxygen atoms in total. The first-order valence-electron chi connectivity index (χ1n) is 6.58. The Hall–Kier alpha value is -0.510. The van der Waals surface area contributed by atoms with Gasteiger partial charge in [-0.1, -0.05) is 6.92 Å². The highest BCUT2D eigenvalue weighted by Crippen LogP contribution is 2.22. The minimum absolute atomic E-state index is 0. The molecule has 1 atom stereocenters. The number of halogens is 3. The van der Waals surface area contributed by atoms with Crippen LogP contribution in [0.15, 0.2) is 0 Å². The second-order valence-electron chi connectivity index (χ2n) is 4.86. The van der Waals surface area contributed by atoms with Crippen LogP contribution in [0.5, 0.6) is 0 Å². The molecule has 1 aliphatic heterocycles. The molecule has 1 unspecified atom stereocenters. The molecule has 0 bridgehead atoms. The number of carbonyl (C=O) groups excluding carboxylic acids is 1. The van der Waals surface area contributed by atoms with Crippen molar-refractivity contribution in [3.8, 4) is 0 Å². The van der Waals surface area contributed by atoms with E-state index in [4.69, 9.17) is 5.73 Å². The number of amides is 1. The van der Waals surface area contributed by atoms with Crippen LogP contribution in [0.25, 0.3) is 0 Å². The van der Waals surface area contributed by atoms with Crippen LogP contribution in [0, 0.1) is 0 Å². The maximum absolute atomic E-state index is 13.0. The normalized spacial score (nSPS) is 20.1. The molecule has 21 heavy (non-hydrogen) atoms. The number of nitrogens with zero attached hydrogens (tertiary/aromatic N) is 1. The molecule has 0 saturated carbocycles. The van der Waals surface area contributed by atoms with Gasteiger partial charge in [0, 0.05) is 6.54 Å². The maximum Gasteiger partial charge on any atom is 0.277 e. The quantitative estimate of drug-likeness (QED) is 0.692. The Morgan fingerprint density at radius 2 is 2.10 bits per heavy atom. The molecule has 0 aromatic carbocycles. The first-order chi connectivity index (χ1) is 9.23. The summed E-state index contributed by atoms with van der Waals surface area (Å²) in [6.45, 7) is 0.245. The summed E-state index contributed by atoms with van der Waals surface area (Å²) in [4.78, 5) is 11.9. The van der Waals surface area contributed by atoms with Crippen LogP contribution in [0.1, 0.15) is 26.2 Å². The van der Waals surface area contributed by atoms with Gasteiger partial charge < -0.3 is 11.1 Å². The monoisotopic (exact) mass is 349 g/mol. The Labute approximate surface area is 129 Å². The molecule has 0 radical (unpaired) electrons. The Kier molecular flexibility index (Phi) is 8.01. The van der Waals surface area contributed by atoms with Crippen molar-refractivity contribution >= 4 is 28.3 Å². The number of sulfonamides is 1. The smallest absolute Gasteiger partial charge is 0.277 e. The van der Waals surface area contributed by atoms with Gasteiger partial charge in [0.1, 0.15) is 6.04 Å². The molecule has 10 heteroatoms. The van der Waals surface area contributed by atoms with Crippen LogP contribution >= 0.6 is 12.4 Å². The molecule has 0 aromatic rings. The summed E-state index contributed by atoms with van der Waals surface area (Å²) in [6, 6.07) is -0.889. The first kappa shape index (κ1) is 20.5. The summed E-state index contributed by atoms with van der Waals surface area (Å²) >= 11 is 0. The molecule has 1 rings (SSSR count). The van der Waals surface area contributed by atoms with Gasteiger partial charge in [0.05, 0.1) is 18.8 Å². The molecule has 1 aliphatic rings. The van der Waals surface area contributed by atoms with Crippen molar-refractivity contribution in [3.63, 3.8) is 0 Å². The van der Waals surface area contributed by atoms with Crippen molar-refractivity contribution in [2.45, 2.75) is 38.2 Å². The van der Waals surface area contributed by atoms with E-state index in [0.29, 0.717) is 19.3 Å². The number of carbonyl (C=O) groups is 1. The maximum atomic E-state index is 13.0. The largest absolute Gasteiger partial charge is 0.349 e. The summed E-state index contributed by atoms with van der Waals surface area (Å²) in [5.41, 5.74) is 4.87. The lowest BCUT2D eigenvalue weighted by Gasteiger charge is -2.24. The number of nitrogens with one attached hydrogen (secondary N) is 1. The van der Waals surface area contributed by atoms with Crippen molar-refractivity contribution < 1.29 is 22.0 Å². The Bertz CT molecular complexity index is 448. The molecule has 126 valence electrons. The molecule has 0 aromatic heterocycles. The van der Waals surface area contributed by atoms with E-state index < -0.39 is 41.0 Å². The first-order valence-corrected chi connectivity index (χ1v) is 8.19. The Morgan fingerprint density at radius 1 is 1.48 bits per heavy atom. The molecule has 3 N–H and O–H groups in total. The lowest BCUT2D eigenvalue weighted by Crippen LogP contribution is -2.50. The van der Waals surface area contributed by atoms with Gasteiger partial charge in [-0.25, -0.2) is 17.2 Å². The molecular formula is C11H22ClF2N3O3S. The predicted octanol–water partition coefficient (Wildman–Crippen LogP) is 0.323. The van der Waals surface area contributed by atoms with Crippen molar-refractivity contribution in [3.05, 3.63) is 0 Å². The Morgan fingerprint density at radius 3 is 2.62 bits per heavy atom. The van der Waals surface area contributed by atoms with Crippen LogP contribution < -0.4 is 11.1 Å². The Balaban J connectivity index is 0.00000400. The minimum Gasteiger partial charge on any atom is -0.349 e. The van der Waals surface area contributed by atoms with E-state index >= 15 is 0 Å². The third-order valence-electron chi connectivity index (χ3n) is 3.15. The van der Waals surface area contributed by atoms with Gasteiger partial charge >= 0.3 is 0 Å². The van der Waals surface area contributed by atoms with Crippen LogP contribution in [-0.2, 0) is 14.8 Å². The fourth-order valence-electron chi connectivity index (χ4n) is 2.12. The van der Waals surface area contributed by atoms with Gasteiger partial charge in [0.25, 0.3) is 5.92 Å². The van der Waals surface area contributed by atoms with Crippen molar-refractivity contribution in [1.29, 1.82) is 0 Å². The lowest BCUT2D eigenvalue weighted by atomic mass is 10.2. The highest BCUT2D eigenvalue weighted by Gasteiger charge is 2.39. The average molecular weight is 350 g/mol. The summed E-state index contributed by atoms with van der Waals surface area (Å²) < 4.78 is 51.0. The molecule has 1 fully saturated rings. The second kappa shape index (κ2) is 8.21. The van der Waals surface area contributed by atoms with E-state index in [9.17, 15) is 22.0 Å². The standard InChI is InChI=1S/C11H21F2N3O3S.ClH/c1-2-6-20(18,19)16-5-3-4-9(16)10(17)15-8-11(12,13)7-14;/h9H,2-8,14H2,1H3,(H,15,17);1H. The highest BCUT2D eigenvalue weighted by molar-refractivity contribution is 7.89. The fourth-order valence-corrected chi connectivity index (χ4v) is 3.86. The van der Waals surface area contributed by atoms with E-state index in [2.05, 4.69) is 5.32 Å². The summed E-state index contributed by atoms with van der Waals surface area (Å²) in [6.07, 6.45) is 1.34. The van der Waals surface area contributed by atoms with E-state index in [-0.39, 0.29) is 24.7 Å². The third kappa shape index (κ3) is 5.65. The van der Waals surface area contributed by atoms with Crippen LogP contribution in [-0.4, -0.2) is 56.0 Å². The summed E-state index contributed by atoms with van der Waals surface area (Å²) in [5, 5.41) is 2.08. The summed E-state index contributed by atoms with van der Waals surface area (Å²) in [7, 11) is -3.50. The zero-order chi connectivity index (χ0) is 15.4. The van der Waals surface area contributed by atoms with E-state index in [1.54, 1.807) is 6.92 Å². The van der Waals surface area contributed by atoms with Gasteiger partial charge in [0.2, 0.25) is 15.9 Å². The number of hydrogen-bond donors (Lipinski definition) is 2. The molecule has 1 saturated heterocycles. The lowest BCUT2D eigenvalue weighted by molar-refractivity contribution is -0.126. The third-order valence-corrected chi connectivity index (χ3v) is 5.22. The molecule has 1 heterocycles. The summed E-state index contributed by atoms with van der Waals surface area (Å²) in [5.74, 6) is -3.91. The van der Waals surface area contributed by atoms with E-state index in [0.717, 1.165) is 4.31 Å². The minimum atomic E-state index is -3.50. The van der Waals surface area contributed by atoms with Crippen LogP contribution in [0.4, 0.5) is 8.78 Å². The fraction of sp³-hybridized carbons (Fsp3) is 0.909. The van der Waals surface area contributed by atoms with Gasteiger partial charge in [0.15, 0.2) is 0 Å². The zero-order valence-corrected chi connectivity index (χ0v) is 13.5. The average Bonchev–Trinajstić information content (AvgIpc) is 2.86. The van der Waals surface area contributed by atoms with Crippen molar-refractivity contribution in [2.24, 2.45) is 5.73 Å². The highest BCUT2D eigenvalue weighted by atomic mass is 35.5. The number of rotatable bonds is 7. The number of nitrogens with two attached hydrogens (primary N) is 1. The van der Waals surface area contributed by atoms with Crippen LogP contribution in [0.2, 0.25) is 0 Å². The number of alkyl halides is 2. The van der Waals surface area contributed by atoms with Gasteiger partial charge in [-0.3, -0.25) is 4.79 Å². The molecule has 0 aliphatic carbocycles. The number of hydrogen-bond acceptors (Lipinski definition) is 4. The van der Waals surface area contributed by atoms with Crippen LogP contribution in [0.3, 0.4) is 0 Å². The van der Waals surface area contributed by atoms with E-state index in [1.807, 2.05) is 0 Å². The van der Waals surface area contributed by atoms with Crippen molar-refractivity contribution in [1.82, 2.24) is 9.62 Å². The van der Waals surface area contributed by atoms with E-state index in [1.165, 1.54) is 0 Å². The SMILES string of the molecule is CCCS(=O)(=O)N1CCCC1C(=O)NCC(F)(F)CN.Cl. The second-order valence-corrected chi connectivity index (χ2v) is 6.90.